The zero-order valence-electron chi connectivity index (χ0n) is 14.3. The van der Waals surface area contributed by atoms with Gasteiger partial charge in [0.25, 0.3) is 5.91 Å². The van der Waals surface area contributed by atoms with Crippen LogP contribution in [0.25, 0.3) is 0 Å². The molecule has 2 aromatic rings. The van der Waals surface area contributed by atoms with Crippen LogP contribution in [0, 0.1) is 0 Å². The molecule has 6 heteroatoms. The third-order valence-electron chi connectivity index (χ3n) is 3.50. The molecule has 1 atom stereocenters. The Bertz CT molecular complexity index is 693. The van der Waals surface area contributed by atoms with E-state index in [9.17, 15) is 4.79 Å². The normalized spacial score (nSPS) is 11.5. The predicted octanol–water partition coefficient (Wildman–Crippen LogP) is 3.70. The molecule has 0 aliphatic carbocycles. The fraction of sp³-hybridized carbons (Fsp3) is 0.316. The maximum absolute atomic E-state index is 12.3. The lowest BCUT2D eigenvalue weighted by Gasteiger charge is -2.18. The molecule has 2 aromatic carbocycles. The first-order chi connectivity index (χ1) is 12.2. The van der Waals surface area contributed by atoms with E-state index in [0.717, 1.165) is 0 Å². The number of nitrogens with one attached hydrogen (secondary N) is 1. The molecule has 0 bridgehead atoms. The molecule has 0 unspecified atom stereocenters. The lowest BCUT2D eigenvalue weighted by atomic mass is 10.2. The summed E-state index contributed by atoms with van der Waals surface area (Å²) in [5, 5.41) is 3.29. The number of carbonyl (C=O) groups excluding carboxylic acids is 1. The van der Waals surface area contributed by atoms with Crippen molar-refractivity contribution >= 4 is 17.5 Å². The molecular formula is C19H22ClNO4. The maximum Gasteiger partial charge on any atom is 0.261 e. The standard InChI is InChI=1S/C19H22ClNO4/c1-3-15(25-16-9-5-4-8-14(16)20)19(22)21-12-13-24-18-11-7-6-10-17(18)23-2/h4-11,15H,3,12-13H2,1-2H3,(H,21,22)/t15-/m1/s1. The van der Waals surface area contributed by atoms with E-state index in [-0.39, 0.29) is 5.91 Å². The third-order valence-corrected chi connectivity index (χ3v) is 3.81. The minimum absolute atomic E-state index is 0.203. The summed E-state index contributed by atoms with van der Waals surface area (Å²) in [7, 11) is 1.59. The topological polar surface area (TPSA) is 56.8 Å². The van der Waals surface area contributed by atoms with Crippen LogP contribution >= 0.6 is 11.6 Å². The van der Waals surface area contributed by atoms with Crippen molar-refractivity contribution in [2.24, 2.45) is 0 Å². The molecule has 134 valence electrons. The molecule has 0 heterocycles. The van der Waals surface area contributed by atoms with E-state index < -0.39 is 6.10 Å². The van der Waals surface area contributed by atoms with E-state index in [2.05, 4.69) is 5.32 Å². The highest BCUT2D eigenvalue weighted by molar-refractivity contribution is 6.32. The van der Waals surface area contributed by atoms with Crippen LogP contribution < -0.4 is 19.5 Å². The van der Waals surface area contributed by atoms with Gasteiger partial charge in [-0.05, 0) is 30.7 Å². The van der Waals surface area contributed by atoms with Crippen molar-refractivity contribution in [1.29, 1.82) is 0 Å². The van der Waals surface area contributed by atoms with Crippen molar-refractivity contribution in [2.45, 2.75) is 19.4 Å². The number of ether oxygens (including phenoxy) is 3. The summed E-state index contributed by atoms with van der Waals surface area (Å²) in [6.45, 7) is 2.57. The average Bonchev–Trinajstić information content (AvgIpc) is 2.64. The lowest BCUT2D eigenvalue weighted by molar-refractivity contribution is -0.128. The zero-order valence-corrected chi connectivity index (χ0v) is 15.1. The van der Waals surface area contributed by atoms with Crippen molar-refractivity contribution in [3.05, 3.63) is 53.6 Å². The quantitative estimate of drug-likeness (QED) is 0.690. The first kappa shape index (κ1) is 18.9. The molecule has 0 saturated carbocycles. The number of halogens is 1. The van der Waals surface area contributed by atoms with Crippen molar-refractivity contribution in [1.82, 2.24) is 5.32 Å². The van der Waals surface area contributed by atoms with Gasteiger partial charge in [-0.1, -0.05) is 42.8 Å². The molecule has 5 nitrogen and oxygen atoms in total. The molecule has 1 N–H and O–H groups in total. The molecule has 0 fully saturated rings. The van der Waals surface area contributed by atoms with Crippen molar-refractivity contribution < 1.29 is 19.0 Å². The second-order valence-electron chi connectivity index (χ2n) is 5.24. The van der Waals surface area contributed by atoms with Crippen molar-refractivity contribution in [2.75, 3.05) is 20.3 Å². The molecule has 0 aromatic heterocycles. The van der Waals surface area contributed by atoms with Gasteiger partial charge in [0.05, 0.1) is 18.7 Å². The maximum atomic E-state index is 12.3. The SMILES string of the molecule is CC[C@@H](Oc1ccccc1Cl)C(=O)NCCOc1ccccc1OC. The van der Waals surface area contributed by atoms with Gasteiger partial charge in [-0.2, -0.15) is 0 Å². The first-order valence-electron chi connectivity index (χ1n) is 8.10. The van der Waals surface area contributed by atoms with Gasteiger partial charge in [-0.15, -0.1) is 0 Å². The van der Waals surface area contributed by atoms with Crippen LogP contribution in [-0.2, 0) is 4.79 Å². The van der Waals surface area contributed by atoms with E-state index >= 15 is 0 Å². The monoisotopic (exact) mass is 363 g/mol. The Kier molecular flexibility index (Phi) is 7.41. The van der Waals surface area contributed by atoms with Crippen LogP contribution in [0.2, 0.25) is 5.02 Å². The van der Waals surface area contributed by atoms with Gasteiger partial charge in [0, 0.05) is 0 Å². The number of carbonyl (C=O) groups is 1. The molecule has 25 heavy (non-hydrogen) atoms. The van der Waals surface area contributed by atoms with E-state index in [1.165, 1.54) is 0 Å². The molecule has 0 radical (unpaired) electrons. The Hall–Kier alpha value is -2.40. The summed E-state index contributed by atoms with van der Waals surface area (Å²) in [5.41, 5.74) is 0. The summed E-state index contributed by atoms with van der Waals surface area (Å²) < 4.78 is 16.5. The minimum atomic E-state index is -0.605. The highest BCUT2D eigenvalue weighted by Crippen LogP contribution is 2.26. The number of methoxy groups -OCH3 is 1. The second-order valence-corrected chi connectivity index (χ2v) is 5.64. The van der Waals surface area contributed by atoms with Crippen molar-refractivity contribution in [3.63, 3.8) is 0 Å². The van der Waals surface area contributed by atoms with Crippen LogP contribution in [0.5, 0.6) is 17.2 Å². The molecular weight excluding hydrogens is 342 g/mol. The number of para-hydroxylation sites is 3. The number of rotatable bonds is 9. The second kappa shape index (κ2) is 9.79. The predicted molar refractivity (Wildman–Crippen MR) is 97.7 cm³/mol. The number of benzene rings is 2. The third kappa shape index (κ3) is 5.57. The van der Waals surface area contributed by atoms with Gasteiger partial charge >= 0.3 is 0 Å². The van der Waals surface area contributed by atoms with Gasteiger partial charge < -0.3 is 19.5 Å². The molecule has 2 rings (SSSR count). The van der Waals surface area contributed by atoms with E-state index in [0.29, 0.717) is 41.8 Å². The summed E-state index contributed by atoms with van der Waals surface area (Å²) >= 11 is 6.06. The lowest BCUT2D eigenvalue weighted by Crippen LogP contribution is -2.39. The van der Waals surface area contributed by atoms with E-state index in [4.69, 9.17) is 25.8 Å². The number of hydrogen-bond donors (Lipinski definition) is 1. The Morgan fingerprint density at radius 3 is 2.36 bits per heavy atom. The summed E-state index contributed by atoms with van der Waals surface area (Å²) in [6.07, 6.45) is -0.0732. The molecule has 0 aliphatic rings. The highest BCUT2D eigenvalue weighted by atomic mass is 35.5. The van der Waals surface area contributed by atoms with Crippen LogP contribution in [0.3, 0.4) is 0 Å². The van der Waals surface area contributed by atoms with E-state index in [1.807, 2.05) is 43.3 Å². The molecule has 0 saturated heterocycles. The molecule has 1 amide bonds. The number of amides is 1. The van der Waals surface area contributed by atoms with Crippen molar-refractivity contribution in [3.8, 4) is 17.2 Å². The van der Waals surface area contributed by atoms with Crippen LogP contribution in [0.15, 0.2) is 48.5 Å². The van der Waals surface area contributed by atoms with Gasteiger partial charge in [-0.3, -0.25) is 4.79 Å². The largest absolute Gasteiger partial charge is 0.493 e. The van der Waals surface area contributed by atoms with Crippen LogP contribution in [-0.4, -0.2) is 32.3 Å². The zero-order chi connectivity index (χ0) is 18.1. The Balaban J connectivity index is 1.81. The molecule has 0 aliphatic heterocycles. The van der Waals surface area contributed by atoms with Gasteiger partial charge in [0.2, 0.25) is 0 Å². The summed E-state index contributed by atoms with van der Waals surface area (Å²) in [5.74, 6) is 1.59. The van der Waals surface area contributed by atoms with Gasteiger partial charge in [0.1, 0.15) is 12.4 Å². The Morgan fingerprint density at radius 2 is 1.72 bits per heavy atom. The fourth-order valence-electron chi connectivity index (χ4n) is 2.20. The summed E-state index contributed by atoms with van der Waals surface area (Å²) in [4.78, 5) is 12.3. The van der Waals surface area contributed by atoms with E-state index in [1.54, 1.807) is 19.2 Å². The first-order valence-corrected chi connectivity index (χ1v) is 8.48. The molecule has 0 spiro atoms. The fourth-order valence-corrected chi connectivity index (χ4v) is 2.38. The van der Waals surface area contributed by atoms with Crippen LogP contribution in [0.4, 0.5) is 0 Å². The Morgan fingerprint density at radius 1 is 1.08 bits per heavy atom. The average molecular weight is 364 g/mol. The minimum Gasteiger partial charge on any atom is -0.493 e. The highest BCUT2D eigenvalue weighted by Gasteiger charge is 2.19. The smallest absolute Gasteiger partial charge is 0.261 e. The summed E-state index contributed by atoms with van der Waals surface area (Å²) in [6, 6.07) is 14.4. The number of hydrogen-bond acceptors (Lipinski definition) is 4. The van der Waals surface area contributed by atoms with Crippen LogP contribution in [0.1, 0.15) is 13.3 Å². The Labute approximate surface area is 152 Å². The van der Waals surface area contributed by atoms with Gasteiger partial charge in [-0.25, -0.2) is 0 Å². The van der Waals surface area contributed by atoms with Gasteiger partial charge in [0.15, 0.2) is 17.6 Å².